The number of aliphatic hydroxyl groups is 1. The molecule has 0 radical (unpaired) electrons. The number of thioether (sulfide) groups is 1. The lowest BCUT2D eigenvalue weighted by atomic mass is 10.3. The molecule has 17 heavy (non-hydrogen) atoms. The summed E-state index contributed by atoms with van der Waals surface area (Å²) in [6.07, 6.45) is 0.703. The summed E-state index contributed by atoms with van der Waals surface area (Å²) in [4.78, 5) is 11.8. The molecule has 1 aromatic rings. The average molecular weight is 274 g/mol. The summed E-state index contributed by atoms with van der Waals surface area (Å²) in [5.74, 6) is 0.703. The molecular weight excluding hydrogens is 258 g/mol. The molecule has 3 nitrogen and oxygen atoms in total. The Bertz CT molecular complexity index is 373. The van der Waals surface area contributed by atoms with Crippen LogP contribution in [0.1, 0.15) is 13.3 Å². The summed E-state index contributed by atoms with van der Waals surface area (Å²) in [7, 11) is 0. The standard InChI is InChI=1S/C12H16ClNO2S/c1-9(17-8-4-7-15)12(16)14-11-6-3-2-5-10(11)13/h2-3,5-6,9,15H,4,7-8H2,1H3,(H,14,16). The molecule has 1 aromatic carbocycles. The van der Waals surface area contributed by atoms with E-state index >= 15 is 0 Å². The van der Waals surface area contributed by atoms with Crippen LogP contribution in [0.2, 0.25) is 5.02 Å². The fourth-order valence-corrected chi connectivity index (χ4v) is 2.24. The number of halogens is 1. The fourth-order valence-electron chi connectivity index (χ4n) is 1.20. The Labute approximate surface area is 111 Å². The normalized spacial score (nSPS) is 12.2. The zero-order valence-electron chi connectivity index (χ0n) is 9.65. The lowest BCUT2D eigenvalue weighted by Gasteiger charge is -2.12. The average Bonchev–Trinajstić information content (AvgIpc) is 2.32. The third-order valence-electron chi connectivity index (χ3n) is 2.17. The topological polar surface area (TPSA) is 49.3 Å². The molecule has 0 fully saturated rings. The van der Waals surface area contributed by atoms with Crippen LogP contribution < -0.4 is 5.32 Å². The summed E-state index contributed by atoms with van der Waals surface area (Å²) in [5, 5.41) is 11.8. The minimum atomic E-state index is -0.155. The first-order valence-corrected chi connectivity index (χ1v) is 6.85. The summed E-state index contributed by atoms with van der Waals surface area (Å²) >= 11 is 7.46. The van der Waals surface area contributed by atoms with Crippen LogP contribution in [0, 0.1) is 0 Å². The molecule has 0 aliphatic carbocycles. The minimum absolute atomic E-state index is 0.0685. The van der Waals surface area contributed by atoms with Crippen molar-refractivity contribution in [3.05, 3.63) is 29.3 Å². The van der Waals surface area contributed by atoms with Crippen molar-refractivity contribution in [3.8, 4) is 0 Å². The first-order valence-electron chi connectivity index (χ1n) is 5.43. The molecular formula is C12H16ClNO2S. The number of aliphatic hydroxyl groups excluding tert-OH is 1. The highest BCUT2D eigenvalue weighted by molar-refractivity contribution is 8.00. The SMILES string of the molecule is CC(SCCCO)C(=O)Nc1ccccc1Cl. The van der Waals surface area contributed by atoms with Crippen LogP contribution in [-0.2, 0) is 4.79 Å². The van der Waals surface area contributed by atoms with Crippen LogP contribution in [0.25, 0.3) is 0 Å². The molecule has 0 spiro atoms. The second kappa shape index (κ2) is 7.58. The van der Waals surface area contributed by atoms with Crippen LogP contribution in [0.3, 0.4) is 0 Å². The lowest BCUT2D eigenvalue weighted by molar-refractivity contribution is -0.115. The Hall–Kier alpha value is -0.710. The van der Waals surface area contributed by atoms with E-state index in [1.54, 1.807) is 12.1 Å². The molecule has 1 amide bonds. The number of para-hydroxylation sites is 1. The molecule has 0 saturated heterocycles. The van der Waals surface area contributed by atoms with Crippen molar-refractivity contribution >= 4 is 35.0 Å². The number of amides is 1. The van der Waals surface area contributed by atoms with Gasteiger partial charge in [-0.3, -0.25) is 4.79 Å². The van der Waals surface area contributed by atoms with Gasteiger partial charge in [-0.1, -0.05) is 23.7 Å². The van der Waals surface area contributed by atoms with Gasteiger partial charge in [-0.25, -0.2) is 0 Å². The van der Waals surface area contributed by atoms with Gasteiger partial charge in [-0.15, -0.1) is 11.8 Å². The maximum atomic E-state index is 11.8. The van der Waals surface area contributed by atoms with Gasteiger partial charge in [0.1, 0.15) is 0 Å². The Balaban J connectivity index is 2.46. The van der Waals surface area contributed by atoms with E-state index in [2.05, 4.69) is 5.32 Å². The van der Waals surface area contributed by atoms with E-state index < -0.39 is 0 Å². The third kappa shape index (κ3) is 4.98. The molecule has 1 unspecified atom stereocenters. The second-order valence-electron chi connectivity index (χ2n) is 3.56. The van der Waals surface area contributed by atoms with E-state index in [4.69, 9.17) is 16.7 Å². The number of carbonyl (C=O) groups is 1. The van der Waals surface area contributed by atoms with E-state index in [1.165, 1.54) is 11.8 Å². The van der Waals surface area contributed by atoms with Gasteiger partial charge in [0.05, 0.1) is 16.0 Å². The largest absolute Gasteiger partial charge is 0.396 e. The molecule has 1 rings (SSSR count). The predicted molar refractivity (Wildman–Crippen MR) is 73.7 cm³/mol. The molecule has 0 aromatic heterocycles. The number of benzene rings is 1. The number of nitrogens with one attached hydrogen (secondary N) is 1. The summed E-state index contributed by atoms with van der Waals surface area (Å²) in [6.45, 7) is 2.00. The Morgan fingerprint density at radius 3 is 2.88 bits per heavy atom. The maximum absolute atomic E-state index is 11.8. The monoisotopic (exact) mass is 273 g/mol. The van der Waals surface area contributed by atoms with Crippen molar-refractivity contribution in [2.75, 3.05) is 17.7 Å². The highest BCUT2D eigenvalue weighted by Crippen LogP contribution is 2.22. The smallest absolute Gasteiger partial charge is 0.237 e. The summed E-state index contributed by atoms with van der Waals surface area (Å²) < 4.78 is 0. The maximum Gasteiger partial charge on any atom is 0.237 e. The molecule has 0 aliphatic rings. The van der Waals surface area contributed by atoms with E-state index in [1.807, 2.05) is 19.1 Å². The quantitative estimate of drug-likeness (QED) is 0.784. The molecule has 0 saturated carbocycles. The first kappa shape index (κ1) is 14.4. The second-order valence-corrected chi connectivity index (χ2v) is 5.42. The number of rotatable bonds is 6. The van der Waals surface area contributed by atoms with E-state index in [0.717, 1.165) is 5.75 Å². The van der Waals surface area contributed by atoms with Crippen LogP contribution in [0.15, 0.2) is 24.3 Å². The van der Waals surface area contributed by atoms with Gasteiger partial charge in [0.2, 0.25) is 5.91 Å². The van der Waals surface area contributed by atoms with Crippen LogP contribution >= 0.6 is 23.4 Å². The minimum Gasteiger partial charge on any atom is -0.396 e. The Morgan fingerprint density at radius 2 is 2.24 bits per heavy atom. The van der Waals surface area contributed by atoms with Crippen molar-refractivity contribution in [3.63, 3.8) is 0 Å². The third-order valence-corrected chi connectivity index (χ3v) is 3.74. The van der Waals surface area contributed by atoms with Gasteiger partial charge in [0, 0.05) is 6.61 Å². The number of anilines is 1. The van der Waals surface area contributed by atoms with Crippen molar-refractivity contribution < 1.29 is 9.90 Å². The number of hydrogen-bond acceptors (Lipinski definition) is 3. The molecule has 1 atom stereocenters. The Morgan fingerprint density at radius 1 is 1.53 bits per heavy atom. The van der Waals surface area contributed by atoms with Crippen molar-refractivity contribution in [1.29, 1.82) is 0 Å². The van der Waals surface area contributed by atoms with Crippen LogP contribution in [-0.4, -0.2) is 28.6 Å². The predicted octanol–water partition coefficient (Wildman–Crippen LogP) is 2.78. The van der Waals surface area contributed by atoms with Crippen LogP contribution in [0.4, 0.5) is 5.69 Å². The number of carbonyl (C=O) groups excluding carboxylic acids is 1. The molecule has 0 bridgehead atoms. The van der Waals surface area contributed by atoms with E-state index in [-0.39, 0.29) is 17.8 Å². The van der Waals surface area contributed by atoms with Gasteiger partial charge in [0.15, 0.2) is 0 Å². The van der Waals surface area contributed by atoms with Gasteiger partial charge >= 0.3 is 0 Å². The van der Waals surface area contributed by atoms with E-state index in [0.29, 0.717) is 17.1 Å². The fraction of sp³-hybridized carbons (Fsp3) is 0.417. The summed E-state index contributed by atoms with van der Waals surface area (Å²) in [5.41, 5.74) is 0.633. The highest BCUT2D eigenvalue weighted by Gasteiger charge is 2.14. The molecule has 0 aliphatic heterocycles. The highest BCUT2D eigenvalue weighted by atomic mass is 35.5. The summed E-state index contributed by atoms with van der Waals surface area (Å²) in [6, 6.07) is 7.15. The Kier molecular flexibility index (Phi) is 6.40. The van der Waals surface area contributed by atoms with Crippen molar-refractivity contribution in [2.45, 2.75) is 18.6 Å². The molecule has 0 heterocycles. The zero-order chi connectivity index (χ0) is 12.7. The lowest BCUT2D eigenvalue weighted by Crippen LogP contribution is -2.23. The van der Waals surface area contributed by atoms with Crippen molar-refractivity contribution in [2.24, 2.45) is 0 Å². The van der Waals surface area contributed by atoms with Gasteiger partial charge in [0.25, 0.3) is 0 Å². The van der Waals surface area contributed by atoms with Gasteiger partial charge < -0.3 is 10.4 Å². The molecule has 5 heteroatoms. The molecule has 94 valence electrons. The molecule has 2 N–H and O–H groups in total. The van der Waals surface area contributed by atoms with Crippen LogP contribution in [0.5, 0.6) is 0 Å². The zero-order valence-corrected chi connectivity index (χ0v) is 11.2. The van der Waals surface area contributed by atoms with Gasteiger partial charge in [-0.05, 0) is 31.2 Å². The van der Waals surface area contributed by atoms with Gasteiger partial charge in [-0.2, -0.15) is 0 Å². The number of hydrogen-bond donors (Lipinski definition) is 2. The van der Waals surface area contributed by atoms with E-state index in [9.17, 15) is 4.79 Å². The van der Waals surface area contributed by atoms with Crippen molar-refractivity contribution in [1.82, 2.24) is 0 Å². The first-order chi connectivity index (χ1) is 8.15.